The van der Waals surface area contributed by atoms with Gasteiger partial charge in [-0.3, -0.25) is 9.38 Å². The van der Waals surface area contributed by atoms with Crippen LogP contribution in [0, 0.1) is 11.6 Å². The maximum Gasteiger partial charge on any atom is 0.433 e. The summed E-state index contributed by atoms with van der Waals surface area (Å²) in [5, 5.41) is 0. The molecule has 1 aromatic carbocycles. The fraction of sp³-hybridized carbons (Fsp3) is 0.150. The standard InChI is InChI=1S/C20H13F5N4S/c1-2-30-16-5-12(11-3-13(21)6-14(22)4-11)8-26-19(16)15-9-29-10-27-17(20(23,24)25)7-18(29)28-15/h3-10H,2H2,1H3. The fourth-order valence-corrected chi connectivity index (χ4v) is 3.76. The van der Waals surface area contributed by atoms with Crippen molar-refractivity contribution >= 4 is 17.4 Å². The van der Waals surface area contributed by atoms with Crippen molar-refractivity contribution < 1.29 is 22.0 Å². The van der Waals surface area contributed by atoms with Crippen molar-refractivity contribution in [3.63, 3.8) is 0 Å². The van der Waals surface area contributed by atoms with E-state index in [4.69, 9.17) is 0 Å². The van der Waals surface area contributed by atoms with E-state index in [1.165, 1.54) is 40.7 Å². The molecule has 0 N–H and O–H groups in total. The first-order valence-electron chi connectivity index (χ1n) is 8.76. The third kappa shape index (κ3) is 4.00. The second-order valence-electron chi connectivity index (χ2n) is 6.33. The molecule has 0 aliphatic carbocycles. The largest absolute Gasteiger partial charge is 0.433 e. The van der Waals surface area contributed by atoms with Crippen LogP contribution in [0.5, 0.6) is 0 Å². The highest BCUT2D eigenvalue weighted by atomic mass is 32.2. The van der Waals surface area contributed by atoms with E-state index in [9.17, 15) is 22.0 Å². The summed E-state index contributed by atoms with van der Waals surface area (Å²) >= 11 is 1.44. The molecule has 4 nitrogen and oxygen atoms in total. The van der Waals surface area contributed by atoms with Crippen LogP contribution in [0.15, 0.2) is 53.9 Å². The van der Waals surface area contributed by atoms with Crippen molar-refractivity contribution in [3.05, 3.63) is 66.4 Å². The number of fused-ring (bicyclic) bond motifs is 1. The Morgan fingerprint density at radius 2 is 1.70 bits per heavy atom. The van der Waals surface area contributed by atoms with Crippen LogP contribution in [0.1, 0.15) is 12.6 Å². The van der Waals surface area contributed by atoms with Gasteiger partial charge in [-0.05, 0) is 29.5 Å². The third-order valence-corrected chi connectivity index (χ3v) is 5.14. The summed E-state index contributed by atoms with van der Waals surface area (Å²) in [5.41, 5.74) is 0.713. The molecule has 30 heavy (non-hydrogen) atoms. The van der Waals surface area contributed by atoms with Gasteiger partial charge in [0, 0.05) is 35.0 Å². The highest BCUT2D eigenvalue weighted by Crippen LogP contribution is 2.34. The Bertz CT molecular complexity index is 1220. The monoisotopic (exact) mass is 436 g/mol. The maximum atomic E-state index is 13.6. The van der Waals surface area contributed by atoms with Crippen molar-refractivity contribution in [1.29, 1.82) is 0 Å². The van der Waals surface area contributed by atoms with E-state index in [1.54, 1.807) is 6.07 Å². The summed E-state index contributed by atoms with van der Waals surface area (Å²) in [5.74, 6) is -0.720. The quantitative estimate of drug-likeness (QED) is 0.297. The zero-order chi connectivity index (χ0) is 21.5. The Hall–Kier alpha value is -3.01. The summed E-state index contributed by atoms with van der Waals surface area (Å²) in [4.78, 5) is 12.7. The van der Waals surface area contributed by atoms with Gasteiger partial charge >= 0.3 is 6.18 Å². The van der Waals surface area contributed by atoms with E-state index in [0.29, 0.717) is 33.2 Å². The number of benzene rings is 1. The number of nitrogens with zero attached hydrogens (tertiary/aromatic N) is 4. The summed E-state index contributed by atoms with van der Waals surface area (Å²) < 4.78 is 67.2. The van der Waals surface area contributed by atoms with Crippen molar-refractivity contribution in [2.75, 3.05) is 5.75 Å². The van der Waals surface area contributed by atoms with E-state index in [0.717, 1.165) is 18.5 Å². The molecule has 0 aliphatic rings. The van der Waals surface area contributed by atoms with Crippen LogP contribution < -0.4 is 0 Å². The minimum absolute atomic E-state index is 0.0813. The molecule has 0 saturated carbocycles. The highest BCUT2D eigenvalue weighted by Gasteiger charge is 2.33. The van der Waals surface area contributed by atoms with Crippen LogP contribution in [0.4, 0.5) is 22.0 Å². The van der Waals surface area contributed by atoms with Gasteiger partial charge in [0.2, 0.25) is 0 Å². The van der Waals surface area contributed by atoms with Gasteiger partial charge in [0.05, 0.1) is 0 Å². The second kappa shape index (κ2) is 7.67. The normalized spacial score (nSPS) is 11.9. The molecule has 154 valence electrons. The average Bonchev–Trinajstić information content (AvgIpc) is 3.10. The predicted octanol–water partition coefficient (Wildman–Crippen LogP) is 5.87. The van der Waals surface area contributed by atoms with Crippen LogP contribution in [0.25, 0.3) is 28.2 Å². The Labute approximate surface area is 171 Å². The lowest BCUT2D eigenvalue weighted by molar-refractivity contribution is -0.141. The topological polar surface area (TPSA) is 43.1 Å². The van der Waals surface area contributed by atoms with Crippen LogP contribution in [-0.2, 0) is 6.18 Å². The lowest BCUT2D eigenvalue weighted by Crippen LogP contribution is -2.08. The SMILES string of the molecule is CCSc1cc(-c2cc(F)cc(F)c2)cnc1-c1cn2cnc(C(F)(F)F)cc2n1. The van der Waals surface area contributed by atoms with Crippen LogP contribution >= 0.6 is 11.8 Å². The number of rotatable bonds is 4. The molecule has 4 aromatic rings. The molecule has 0 aliphatic heterocycles. The summed E-state index contributed by atoms with van der Waals surface area (Å²) in [6.07, 6.45) is -0.541. The number of alkyl halides is 3. The van der Waals surface area contributed by atoms with Crippen molar-refractivity contribution in [3.8, 4) is 22.5 Å². The Balaban J connectivity index is 1.80. The first-order valence-corrected chi connectivity index (χ1v) is 9.75. The Morgan fingerprint density at radius 3 is 2.37 bits per heavy atom. The molecular weight excluding hydrogens is 423 g/mol. The molecule has 0 radical (unpaired) electrons. The lowest BCUT2D eigenvalue weighted by Gasteiger charge is -2.09. The molecule has 4 rings (SSSR count). The van der Waals surface area contributed by atoms with E-state index in [2.05, 4.69) is 15.0 Å². The summed E-state index contributed by atoms with van der Waals surface area (Å²) in [7, 11) is 0. The van der Waals surface area contributed by atoms with Gasteiger partial charge in [-0.2, -0.15) is 13.2 Å². The predicted molar refractivity (Wildman–Crippen MR) is 103 cm³/mol. The lowest BCUT2D eigenvalue weighted by atomic mass is 10.1. The van der Waals surface area contributed by atoms with Gasteiger partial charge in [-0.1, -0.05) is 6.92 Å². The maximum absolute atomic E-state index is 13.6. The number of hydrogen-bond acceptors (Lipinski definition) is 4. The van der Waals surface area contributed by atoms with Crippen LogP contribution in [-0.4, -0.2) is 25.1 Å². The molecule has 0 atom stereocenters. The average molecular weight is 436 g/mol. The first kappa shape index (κ1) is 20.3. The molecule has 0 fully saturated rings. The molecule has 0 spiro atoms. The smallest absolute Gasteiger partial charge is 0.290 e. The van der Waals surface area contributed by atoms with E-state index in [1.807, 2.05) is 6.92 Å². The molecule has 0 saturated heterocycles. The zero-order valence-corrected chi connectivity index (χ0v) is 16.2. The van der Waals surface area contributed by atoms with Gasteiger partial charge in [0.15, 0.2) is 0 Å². The number of imidazole rings is 1. The van der Waals surface area contributed by atoms with E-state index < -0.39 is 23.5 Å². The molecule has 3 aromatic heterocycles. The molecule has 10 heteroatoms. The number of halogens is 5. The Morgan fingerprint density at radius 1 is 0.967 bits per heavy atom. The number of pyridine rings is 1. The second-order valence-corrected chi connectivity index (χ2v) is 7.63. The minimum atomic E-state index is -4.57. The Kier molecular flexibility index (Phi) is 5.19. The van der Waals surface area contributed by atoms with Gasteiger partial charge in [-0.25, -0.2) is 18.7 Å². The van der Waals surface area contributed by atoms with Gasteiger partial charge in [0.25, 0.3) is 0 Å². The molecule has 0 unspecified atom stereocenters. The fourth-order valence-electron chi connectivity index (χ4n) is 2.94. The molecular formula is C20H13F5N4S. The number of aromatic nitrogens is 4. The number of thioether (sulfide) groups is 1. The van der Waals surface area contributed by atoms with Crippen molar-refractivity contribution in [2.45, 2.75) is 18.0 Å². The molecule has 0 bridgehead atoms. The van der Waals surface area contributed by atoms with Gasteiger partial charge in [0.1, 0.15) is 40.7 Å². The van der Waals surface area contributed by atoms with E-state index in [-0.39, 0.29) is 5.65 Å². The van der Waals surface area contributed by atoms with E-state index >= 15 is 0 Å². The zero-order valence-electron chi connectivity index (χ0n) is 15.4. The molecule has 0 amide bonds. The van der Waals surface area contributed by atoms with Gasteiger partial charge < -0.3 is 0 Å². The van der Waals surface area contributed by atoms with Crippen molar-refractivity contribution in [1.82, 2.24) is 19.4 Å². The highest BCUT2D eigenvalue weighted by molar-refractivity contribution is 7.99. The molecule has 3 heterocycles. The first-order chi connectivity index (χ1) is 14.2. The van der Waals surface area contributed by atoms with Crippen LogP contribution in [0.3, 0.4) is 0 Å². The minimum Gasteiger partial charge on any atom is -0.290 e. The van der Waals surface area contributed by atoms with Crippen LogP contribution in [0.2, 0.25) is 0 Å². The van der Waals surface area contributed by atoms with Crippen molar-refractivity contribution in [2.24, 2.45) is 0 Å². The third-order valence-electron chi connectivity index (χ3n) is 4.23. The number of hydrogen-bond donors (Lipinski definition) is 0. The van der Waals surface area contributed by atoms with Gasteiger partial charge in [-0.15, -0.1) is 11.8 Å². The summed E-state index contributed by atoms with van der Waals surface area (Å²) in [6, 6.07) is 5.78. The summed E-state index contributed by atoms with van der Waals surface area (Å²) in [6.45, 7) is 1.92.